The summed E-state index contributed by atoms with van der Waals surface area (Å²) < 4.78 is 5.51. The van der Waals surface area contributed by atoms with Crippen molar-refractivity contribution >= 4 is 6.09 Å². The molecule has 1 fully saturated rings. The van der Waals surface area contributed by atoms with Gasteiger partial charge >= 0.3 is 6.09 Å². The van der Waals surface area contributed by atoms with E-state index in [0.29, 0.717) is 6.04 Å². The lowest BCUT2D eigenvalue weighted by Gasteiger charge is -2.32. The van der Waals surface area contributed by atoms with Crippen LogP contribution in [-0.4, -0.2) is 47.2 Å². The lowest BCUT2D eigenvalue weighted by Crippen LogP contribution is -2.45. The average Bonchev–Trinajstić information content (AvgIpc) is 2.80. The minimum atomic E-state index is -0.440. The molecule has 0 aliphatic carbocycles. The van der Waals surface area contributed by atoms with Crippen LogP contribution in [0.2, 0.25) is 0 Å². The molecule has 1 aromatic rings. The average molecular weight is 304 g/mol. The maximum absolute atomic E-state index is 12.3. The molecule has 0 aromatic heterocycles. The summed E-state index contributed by atoms with van der Waals surface area (Å²) in [5.74, 6) is 0. The van der Waals surface area contributed by atoms with E-state index in [9.17, 15) is 4.79 Å². The molecule has 1 aromatic carbocycles. The van der Waals surface area contributed by atoms with Gasteiger partial charge in [0.1, 0.15) is 5.60 Å². The summed E-state index contributed by atoms with van der Waals surface area (Å²) >= 11 is 0. The number of nitrogens with zero attached hydrogens (tertiary/aromatic N) is 2. The van der Waals surface area contributed by atoms with Gasteiger partial charge in [-0.1, -0.05) is 30.3 Å². The lowest BCUT2D eigenvalue weighted by molar-refractivity contribution is 0.0207. The molecule has 0 unspecified atom stereocenters. The van der Waals surface area contributed by atoms with E-state index in [1.807, 2.05) is 31.7 Å². The molecule has 122 valence electrons. The predicted octanol–water partition coefficient (Wildman–Crippen LogP) is 3.52. The number of carbonyl (C=O) groups is 1. The third kappa shape index (κ3) is 4.23. The molecule has 2 rings (SSSR count). The Bertz CT molecular complexity index is 496. The Morgan fingerprint density at radius 3 is 2.55 bits per heavy atom. The molecule has 4 nitrogen and oxygen atoms in total. The molecule has 22 heavy (non-hydrogen) atoms. The summed E-state index contributed by atoms with van der Waals surface area (Å²) in [5.41, 5.74) is 0.859. The molecule has 0 spiro atoms. The molecule has 2 atom stereocenters. The van der Waals surface area contributed by atoms with Crippen LogP contribution < -0.4 is 0 Å². The third-order valence-corrected chi connectivity index (χ3v) is 4.18. The highest BCUT2D eigenvalue weighted by atomic mass is 16.6. The zero-order valence-corrected chi connectivity index (χ0v) is 14.4. The van der Waals surface area contributed by atoms with E-state index >= 15 is 0 Å². The van der Waals surface area contributed by atoms with Gasteiger partial charge in [-0.05, 0) is 46.7 Å². The fraction of sp³-hybridized carbons (Fsp3) is 0.611. The second-order valence-electron chi connectivity index (χ2n) is 7.17. The summed E-state index contributed by atoms with van der Waals surface area (Å²) in [5, 5.41) is 0. The molecule has 0 saturated carbocycles. The Morgan fingerprint density at radius 1 is 1.32 bits per heavy atom. The zero-order chi connectivity index (χ0) is 16.3. The van der Waals surface area contributed by atoms with E-state index in [0.717, 1.165) is 19.5 Å². The van der Waals surface area contributed by atoms with Gasteiger partial charge < -0.3 is 9.64 Å². The molecular formula is C18H28N2O2. The first-order chi connectivity index (χ1) is 10.3. The minimum absolute atomic E-state index is 0.170. The number of carbonyl (C=O) groups excluding carboxylic acids is 1. The van der Waals surface area contributed by atoms with Crippen molar-refractivity contribution in [1.29, 1.82) is 0 Å². The fourth-order valence-corrected chi connectivity index (χ4v) is 3.08. The summed E-state index contributed by atoms with van der Waals surface area (Å²) in [6.45, 7) is 9.50. The number of likely N-dealkylation sites (N-methyl/N-ethyl adjacent to an activating group) is 1. The van der Waals surface area contributed by atoms with Crippen LogP contribution in [-0.2, 0) is 11.3 Å². The van der Waals surface area contributed by atoms with Crippen molar-refractivity contribution in [2.75, 3.05) is 13.6 Å². The SMILES string of the molecule is C[C@H]1[C@H](N(C)Cc2ccccc2)CCN1C(=O)OC(C)(C)C. The molecule has 1 aliphatic heterocycles. The van der Waals surface area contributed by atoms with Crippen LogP contribution in [0.25, 0.3) is 0 Å². The molecule has 1 amide bonds. The predicted molar refractivity (Wildman–Crippen MR) is 88.7 cm³/mol. The fourth-order valence-electron chi connectivity index (χ4n) is 3.08. The Kier molecular flexibility index (Phi) is 5.12. The van der Waals surface area contributed by atoms with Crippen molar-refractivity contribution in [3.8, 4) is 0 Å². The van der Waals surface area contributed by atoms with Gasteiger partial charge in [-0.25, -0.2) is 4.79 Å². The highest BCUT2D eigenvalue weighted by Crippen LogP contribution is 2.25. The van der Waals surface area contributed by atoms with Gasteiger partial charge in [0.05, 0.1) is 0 Å². The van der Waals surface area contributed by atoms with E-state index in [1.165, 1.54) is 5.56 Å². The smallest absolute Gasteiger partial charge is 0.410 e. The Morgan fingerprint density at radius 2 is 1.95 bits per heavy atom. The lowest BCUT2D eigenvalue weighted by atomic mass is 10.1. The maximum Gasteiger partial charge on any atom is 0.410 e. The zero-order valence-electron chi connectivity index (χ0n) is 14.4. The van der Waals surface area contributed by atoms with Crippen molar-refractivity contribution < 1.29 is 9.53 Å². The molecule has 1 saturated heterocycles. The minimum Gasteiger partial charge on any atom is -0.444 e. The standard InChI is InChI=1S/C18H28N2O2/c1-14-16(19(5)13-15-9-7-6-8-10-15)11-12-20(14)17(21)22-18(2,3)4/h6-10,14,16H,11-13H2,1-5H3/t14-,16+/m0/s1. The summed E-state index contributed by atoms with van der Waals surface area (Å²) in [6.07, 6.45) is 0.791. The number of amides is 1. The molecular weight excluding hydrogens is 276 g/mol. The van der Waals surface area contributed by atoms with Gasteiger partial charge in [-0.15, -0.1) is 0 Å². The maximum atomic E-state index is 12.3. The molecule has 0 radical (unpaired) electrons. The molecule has 1 aliphatic rings. The second kappa shape index (κ2) is 6.69. The van der Waals surface area contributed by atoms with Gasteiger partial charge in [-0.3, -0.25) is 4.90 Å². The van der Waals surface area contributed by atoms with E-state index in [-0.39, 0.29) is 12.1 Å². The van der Waals surface area contributed by atoms with Gasteiger partial charge in [0, 0.05) is 25.2 Å². The summed E-state index contributed by atoms with van der Waals surface area (Å²) in [7, 11) is 2.13. The van der Waals surface area contributed by atoms with E-state index in [1.54, 1.807) is 0 Å². The highest BCUT2D eigenvalue weighted by Gasteiger charge is 2.37. The first kappa shape index (κ1) is 16.8. The molecule has 0 bridgehead atoms. The van der Waals surface area contributed by atoms with Crippen LogP contribution >= 0.6 is 0 Å². The summed E-state index contributed by atoms with van der Waals surface area (Å²) in [4.78, 5) is 16.5. The van der Waals surface area contributed by atoms with Crippen molar-refractivity contribution in [2.24, 2.45) is 0 Å². The van der Waals surface area contributed by atoms with Crippen molar-refractivity contribution in [2.45, 2.75) is 58.3 Å². The quantitative estimate of drug-likeness (QED) is 0.856. The third-order valence-electron chi connectivity index (χ3n) is 4.18. The van der Waals surface area contributed by atoms with Gasteiger partial charge in [-0.2, -0.15) is 0 Å². The number of likely N-dealkylation sites (tertiary alicyclic amines) is 1. The van der Waals surface area contributed by atoms with Crippen LogP contribution in [0.15, 0.2) is 30.3 Å². The number of hydrogen-bond donors (Lipinski definition) is 0. The van der Waals surface area contributed by atoms with Crippen LogP contribution in [0.1, 0.15) is 39.7 Å². The van der Waals surface area contributed by atoms with Crippen LogP contribution in [0.4, 0.5) is 4.79 Å². The first-order valence-electron chi connectivity index (χ1n) is 8.02. The number of ether oxygens (including phenoxy) is 1. The van der Waals surface area contributed by atoms with Crippen LogP contribution in [0.5, 0.6) is 0 Å². The van der Waals surface area contributed by atoms with Crippen molar-refractivity contribution in [3.63, 3.8) is 0 Å². The second-order valence-corrected chi connectivity index (χ2v) is 7.17. The topological polar surface area (TPSA) is 32.8 Å². The number of rotatable bonds is 3. The number of hydrogen-bond acceptors (Lipinski definition) is 3. The Hall–Kier alpha value is -1.55. The van der Waals surface area contributed by atoms with E-state index in [4.69, 9.17) is 4.74 Å². The first-order valence-corrected chi connectivity index (χ1v) is 8.02. The summed E-state index contributed by atoms with van der Waals surface area (Å²) in [6, 6.07) is 11.0. The largest absolute Gasteiger partial charge is 0.444 e. The highest BCUT2D eigenvalue weighted by molar-refractivity contribution is 5.69. The normalized spacial score (nSPS) is 22.2. The molecule has 0 N–H and O–H groups in total. The van der Waals surface area contributed by atoms with Crippen LogP contribution in [0, 0.1) is 0 Å². The van der Waals surface area contributed by atoms with E-state index in [2.05, 4.69) is 43.1 Å². The monoisotopic (exact) mass is 304 g/mol. The molecule has 1 heterocycles. The van der Waals surface area contributed by atoms with Gasteiger partial charge in [0.15, 0.2) is 0 Å². The Labute approximate surface area is 134 Å². The van der Waals surface area contributed by atoms with Crippen molar-refractivity contribution in [1.82, 2.24) is 9.80 Å². The van der Waals surface area contributed by atoms with Gasteiger partial charge in [0.25, 0.3) is 0 Å². The van der Waals surface area contributed by atoms with Gasteiger partial charge in [0.2, 0.25) is 0 Å². The van der Waals surface area contributed by atoms with Crippen molar-refractivity contribution in [3.05, 3.63) is 35.9 Å². The van der Waals surface area contributed by atoms with E-state index < -0.39 is 5.60 Å². The van der Waals surface area contributed by atoms with Crippen LogP contribution in [0.3, 0.4) is 0 Å². The number of benzene rings is 1. The molecule has 4 heteroatoms. The Balaban J connectivity index is 1.95.